The number of esters is 4. The molecule has 3 fully saturated rings. The third-order valence-electron chi connectivity index (χ3n) is 13.5. The maximum Gasteiger partial charge on any atom is 0.332 e. The average Bonchev–Trinajstić information content (AvgIpc) is 3.23. The van der Waals surface area contributed by atoms with Crippen LogP contribution < -0.4 is 0 Å². The van der Waals surface area contributed by atoms with Gasteiger partial charge < -0.3 is 33.5 Å². The Kier molecular flexibility index (Phi) is 11.9. The Hall–Kier alpha value is -3.16. The molecule has 0 amide bonds. The van der Waals surface area contributed by atoms with Crippen LogP contribution >= 0.6 is 0 Å². The molecule has 0 heterocycles. The van der Waals surface area contributed by atoms with Gasteiger partial charge in [-0.05, 0) is 69.1 Å². The molecule has 13 nitrogen and oxygen atoms in total. The Morgan fingerprint density at radius 2 is 1.43 bits per heavy atom. The molecule has 0 unspecified atom stereocenters. The lowest BCUT2D eigenvalue weighted by molar-refractivity contribution is -0.200. The van der Waals surface area contributed by atoms with Crippen LogP contribution in [0.2, 0.25) is 0 Å². The highest BCUT2D eigenvalue weighted by Crippen LogP contribution is 2.74. The first kappa shape index (κ1) is 42.6. The summed E-state index contributed by atoms with van der Waals surface area (Å²) in [6.45, 7) is 16.6. The van der Waals surface area contributed by atoms with E-state index in [-0.39, 0.29) is 50.6 Å². The lowest BCUT2D eigenvalue weighted by Gasteiger charge is -2.65. The normalized spacial score (nSPS) is 35.7. The molecule has 0 aliphatic heterocycles. The molecular formula is C40H60O13. The van der Waals surface area contributed by atoms with Crippen molar-refractivity contribution in [3.8, 4) is 0 Å². The van der Waals surface area contributed by atoms with Crippen LogP contribution in [0.4, 0.5) is 0 Å². The maximum atomic E-state index is 15.0. The fourth-order valence-electron chi connectivity index (χ4n) is 11.0. The summed E-state index contributed by atoms with van der Waals surface area (Å²) in [4.78, 5) is 79.0. The van der Waals surface area contributed by atoms with Gasteiger partial charge in [0.25, 0.3) is 0 Å². The number of fused-ring (bicyclic) bond motifs is 5. The number of methoxy groups -OCH3 is 2. The number of allylic oxidation sites excluding steroid dienone is 1. The number of carbonyl (C=O) groups is 6. The average molecular weight is 749 g/mol. The van der Waals surface area contributed by atoms with Gasteiger partial charge >= 0.3 is 23.9 Å². The third kappa shape index (κ3) is 7.46. The number of carbonyl (C=O) groups excluding carboxylic acids is 6. The standard InChI is InChI=1S/C40H60O13/c1-22(41)50-27-18-37(7)28-14-13-24-25(17-26(51-31(45)20-48-11)34(36(24,5)6)52-32(46)21-49-12)39(28,9)30(44)19-38(37,8)33(27)40(10,47)29(43)15-16-35(3,4)53-23(2)42/h13,25-28,33-34,47H,14-21H2,1-12H3/t25-,26+,27-,28+,33+,34-,37+,38-,39+,40+/m1/s1. The Labute approximate surface area is 313 Å². The largest absolute Gasteiger partial charge is 0.462 e. The van der Waals surface area contributed by atoms with Gasteiger partial charge in [0.05, 0.1) is 0 Å². The van der Waals surface area contributed by atoms with Crippen LogP contribution in [-0.4, -0.2) is 97.5 Å². The molecule has 3 saturated carbocycles. The molecule has 0 bridgehead atoms. The van der Waals surface area contributed by atoms with Crippen molar-refractivity contribution in [2.24, 2.45) is 39.4 Å². The van der Waals surface area contributed by atoms with Gasteiger partial charge in [-0.2, -0.15) is 0 Å². The summed E-state index contributed by atoms with van der Waals surface area (Å²) in [6.07, 6.45) is 0.458. The van der Waals surface area contributed by atoms with Crippen molar-refractivity contribution in [3.63, 3.8) is 0 Å². The zero-order chi connectivity index (χ0) is 40.1. The molecule has 0 aromatic rings. The third-order valence-corrected chi connectivity index (χ3v) is 13.5. The van der Waals surface area contributed by atoms with Crippen LogP contribution in [0.3, 0.4) is 0 Å². The van der Waals surface area contributed by atoms with E-state index in [4.69, 9.17) is 28.4 Å². The van der Waals surface area contributed by atoms with Crippen LogP contribution in [0.15, 0.2) is 11.6 Å². The maximum absolute atomic E-state index is 15.0. The molecule has 0 aromatic heterocycles. The lowest BCUT2D eigenvalue weighted by Crippen LogP contribution is -2.66. The summed E-state index contributed by atoms with van der Waals surface area (Å²) in [5.74, 6) is -4.54. The molecule has 4 rings (SSSR count). The van der Waals surface area contributed by atoms with Gasteiger partial charge in [-0.3, -0.25) is 19.2 Å². The number of ether oxygens (including phenoxy) is 6. The highest BCUT2D eigenvalue weighted by atomic mass is 16.6. The predicted octanol–water partition coefficient (Wildman–Crippen LogP) is 4.48. The van der Waals surface area contributed by atoms with Crippen molar-refractivity contribution in [3.05, 3.63) is 11.6 Å². The molecule has 13 heteroatoms. The Balaban J connectivity index is 1.79. The first-order chi connectivity index (χ1) is 24.3. The van der Waals surface area contributed by atoms with E-state index < -0.39 is 92.7 Å². The van der Waals surface area contributed by atoms with Crippen molar-refractivity contribution in [1.82, 2.24) is 0 Å². The molecule has 4 aliphatic rings. The molecule has 0 spiro atoms. The summed E-state index contributed by atoms with van der Waals surface area (Å²) in [6, 6.07) is 0. The summed E-state index contributed by atoms with van der Waals surface area (Å²) in [5.41, 5.74) is -5.60. The summed E-state index contributed by atoms with van der Waals surface area (Å²) in [5, 5.41) is 12.3. The quantitative estimate of drug-likeness (QED) is 0.159. The minimum absolute atomic E-state index is 0.00804. The van der Waals surface area contributed by atoms with E-state index in [0.29, 0.717) is 12.8 Å². The molecule has 53 heavy (non-hydrogen) atoms. The van der Waals surface area contributed by atoms with Crippen LogP contribution in [0.25, 0.3) is 0 Å². The van der Waals surface area contributed by atoms with Gasteiger partial charge in [0.1, 0.15) is 48.5 Å². The van der Waals surface area contributed by atoms with Crippen LogP contribution in [0, 0.1) is 39.4 Å². The summed E-state index contributed by atoms with van der Waals surface area (Å²) in [7, 11) is 2.76. The van der Waals surface area contributed by atoms with E-state index >= 15 is 4.79 Å². The molecular weight excluding hydrogens is 688 g/mol. The van der Waals surface area contributed by atoms with Gasteiger partial charge in [-0.1, -0.05) is 46.3 Å². The van der Waals surface area contributed by atoms with E-state index in [2.05, 4.69) is 13.0 Å². The Bertz CT molecular complexity index is 1530. The van der Waals surface area contributed by atoms with E-state index in [0.717, 1.165) is 5.57 Å². The summed E-state index contributed by atoms with van der Waals surface area (Å²) >= 11 is 0. The van der Waals surface area contributed by atoms with E-state index in [1.165, 1.54) is 35.0 Å². The molecule has 0 saturated heterocycles. The zero-order valence-electron chi connectivity index (χ0n) is 33.5. The van der Waals surface area contributed by atoms with Gasteiger partial charge in [0, 0.05) is 57.7 Å². The minimum Gasteiger partial charge on any atom is -0.462 e. The van der Waals surface area contributed by atoms with Crippen LogP contribution in [0.5, 0.6) is 0 Å². The van der Waals surface area contributed by atoms with Crippen molar-refractivity contribution in [1.29, 1.82) is 0 Å². The Morgan fingerprint density at radius 3 is 1.98 bits per heavy atom. The van der Waals surface area contributed by atoms with Crippen molar-refractivity contribution in [2.75, 3.05) is 27.4 Å². The number of ketones is 2. The van der Waals surface area contributed by atoms with Crippen molar-refractivity contribution < 1.29 is 62.3 Å². The van der Waals surface area contributed by atoms with Gasteiger partial charge in [0.15, 0.2) is 5.78 Å². The van der Waals surface area contributed by atoms with E-state index in [1.807, 2.05) is 27.7 Å². The van der Waals surface area contributed by atoms with Crippen LogP contribution in [-0.2, 0) is 57.2 Å². The van der Waals surface area contributed by atoms with E-state index in [1.54, 1.807) is 13.8 Å². The fourth-order valence-corrected chi connectivity index (χ4v) is 11.0. The minimum atomic E-state index is -2.00. The van der Waals surface area contributed by atoms with E-state index in [9.17, 15) is 29.1 Å². The zero-order valence-corrected chi connectivity index (χ0v) is 33.5. The van der Waals surface area contributed by atoms with Crippen LogP contribution in [0.1, 0.15) is 108 Å². The molecule has 0 aromatic carbocycles. The van der Waals surface area contributed by atoms with Gasteiger partial charge in [0.2, 0.25) is 0 Å². The Morgan fingerprint density at radius 1 is 0.849 bits per heavy atom. The number of rotatable bonds is 13. The SMILES string of the molecule is COCC(=O)O[C@H]1C[C@@H]2C(=CC[C@@H]3[C@@]2(C)C(=O)C[C@]2(C)[C@@H]([C@@](C)(O)C(=O)CCC(C)(C)OC(C)=O)[C@H](OC(C)=O)C[C@@]32C)C(C)(C)[C@@H]1OC(=O)COC. The van der Waals surface area contributed by atoms with Crippen molar-refractivity contribution in [2.45, 2.75) is 137 Å². The second-order valence-corrected chi connectivity index (χ2v) is 17.7. The number of hydrogen-bond donors (Lipinski definition) is 1. The predicted molar refractivity (Wildman–Crippen MR) is 190 cm³/mol. The van der Waals surface area contributed by atoms with Gasteiger partial charge in [-0.25, -0.2) is 9.59 Å². The second kappa shape index (κ2) is 14.8. The first-order valence-corrected chi connectivity index (χ1v) is 18.6. The highest BCUT2D eigenvalue weighted by Gasteiger charge is 2.75. The topological polar surface area (TPSA) is 178 Å². The molecule has 10 atom stereocenters. The van der Waals surface area contributed by atoms with Gasteiger partial charge in [-0.15, -0.1) is 0 Å². The number of Topliss-reactive ketones (excluding diaryl/α,β-unsaturated/α-hetero) is 2. The first-order valence-electron chi connectivity index (χ1n) is 18.6. The highest BCUT2D eigenvalue weighted by molar-refractivity contribution is 5.90. The molecule has 1 N–H and O–H groups in total. The fraction of sp³-hybridized carbons (Fsp3) is 0.800. The smallest absolute Gasteiger partial charge is 0.332 e. The summed E-state index contributed by atoms with van der Waals surface area (Å²) < 4.78 is 33.2. The second-order valence-electron chi connectivity index (χ2n) is 17.7. The number of aliphatic hydroxyl groups is 1. The lowest BCUT2D eigenvalue weighted by atomic mass is 9.38. The van der Waals surface area contributed by atoms with Crippen molar-refractivity contribution >= 4 is 35.4 Å². The monoisotopic (exact) mass is 748 g/mol. The molecule has 298 valence electrons. The number of hydrogen-bond acceptors (Lipinski definition) is 13. The molecule has 4 aliphatic carbocycles. The molecule has 0 radical (unpaired) electrons.